The molecule has 0 aliphatic carbocycles. The van der Waals surface area contributed by atoms with Crippen molar-refractivity contribution in [1.29, 1.82) is 0 Å². The fourth-order valence-corrected chi connectivity index (χ4v) is 3.94. The molecule has 0 radical (unpaired) electrons. The number of carbonyl (C=O) groups is 2. The molecule has 0 atom stereocenters. The highest BCUT2D eigenvalue weighted by Gasteiger charge is 2.09. The quantitative estimate of drug-likeness (QED) is 0.251. The average Bonchev–Trinajstić information content (AvgIpc) is 3.23. The molecule has 7 heteroatoms. The second-order valence-corrected chi connectivity index (χ2v) is 8.91. The standard InChI is InChI=1S/C30H30N4O3/c1-20-11-14-26(15-21(20)2)32-29(35)19-37-28-10-5-7-24(16-28)18-31-33-30(36)25-8-6-9-27(17-25)34-22(3)12-13-23(34)4/h5-18H,19H2,1-4H3,(H,32,35)(H,33,36)/b31-18-. The van der Waals surface area contributed by atoms with Gasteiger partial charge in [0.15, 0.2) is 6.61 Å². The van der Waals surface area contributed by atoms with E-state index in [4.69, 9.17) is 4.74 Å². The normalized spacial score (nSPS) is 10.9. The molecule has 0 saturated heterocycles. The van der Waals surface area contributed by atoms with Crippen molar-refractivity contribution in [3.63, 3.8) is 0 Å². The van der Waals surface area contributed by atoms with Crippen molar-refractivity contribution in [2.45, 2.75) is 27.7 Å². The van der Waals surface area contributed by atoms with Crippen LogP contribution in [0.15, 0.2) is 84.0 Å². The zero-order valence-corrected chi connectivity index (χ0v) is 21.4. The summed E-state index contributed by atoms with van der Waals surface area (Å²) in [5, 5.41) is 6.92. The first-order valence-corrected chi connectivity index (χ1v) is 12.0. The Morgan fingerprint density at radius 3 is 2.38 bits per heavy atom. The highest BCUT2D eigenvalue weighted by Crippen LogP contribution is 2.18. The Labute approximate surface area is 216 Å². The monoisotopic (exact) mass is 494 g/mol. The zero-order valence-electron chi connectivity index (χ0n) is 21.4. The fourth-order valence-electron chi connectivity index (χ4n) is 3.94. The molecule has 0 aliphatic heterocycles. The molecule has 0 fully saturated rings. The highest BCUT2D eigenvalue weighted by atomic mass is 16.5. The zero-order chi connectivity index (χ0) is 26.4. The first-order valence-electron chi connectivity index (χ1n) is 12.0. The number of nitrogens with zero attached hydrogens (tertiary/aromatic N) is 2. The maximum Gasteiger partial charge on any atom is 0.271 e. The number of hydrazone groups is 1. The summed E-state index contributed by atoms with van der Waals surface area (Å²) in [4.78, 5) is 24.9. The van der Waals surface area contributed by atoms with Gasteiger partial charge in [-0.25, -0.2) is 5.43 Å². The summed E-state index contributed by atoms with van der Waals surface area (Å²) in [5.74, 6) is -0.0335. The number of hydrogen-bond acceptors (Lipinski definition) is 4. The lowest BCUT2D eigenvalue weighted by Crippen LogP contribution is -2.20. The van der Waals surface area contributed by atoms with Gasteiger partial charge in [0.2, 0.25) is 0 Å². The Kier molecular flexibility index (Phi) is 7.83. The van der Waals surface area contributed by atoms with Crippen LogP contribution >= 0.6 is 0 Å². The van der Waals surface area contributed by atoms with Gasteiger partial charge in [0.05, 0.1) is 6.21 Å². The van der Waals surface area contributed by atoms with Crippen LogP contribution in [0.25, 0.3) is 5.69 Å². The second-order valence-electron chi connectivity index (χ2n) is 8.91. The van der Waals surface area contributed by atoms with Crippen LogP contribution in [0.4, 0.5) is 5.69 Å². The number of benzene rings is 3. The van der Waals surface area contributed by atoms with Crippen molar-refractivity contribution in [3.8, 4) is 11.4 Å². The predicted molar refractivity (Wildman–Crippen MR) is 147 cm³/mol. The number of hydrogen-bond donors (Lipinski definition) is 2. The van der Waals surface area contributed by atoms with Crippen LogP contribution in [0.5, 0.6) is 5.75 Å². The van der Waals surface area contributed by atoms with E-state index >= 15 is 0 Å². The minimum absolute atomic E-state index is 0.124. The van der Waals surface area contributed by atoms with E-state index < -0.39 is 0 Å². The summed E-state index contributed by atoms with van der Waals surface area (Å²) in [6.07, 6.45) is 1.53. The molecule has 37 heavy (non-hydrogen) atoms. The molecule has 0 bridgehead atoms. The summed E-state index contributed by atoms with van der Waals surface area (Å²) in [6.45, 7) is 7.95. The van der Waals surface area contributed by atoms with Crippen molar-refractivity contribution in [2.75, 3.05) is 11.9 Å². The predicted octanol–water partition coefficient (Wildman–Crippen LogP) is 5.49. The lowest BCUT2D eigenvalue weighted by Gasteiger charge is -2.10. The Bertz CT molecular complexity index is 1450. The molecule has 4 rings (SSSR count). The number of rotatable bonds is 8. The average molecular weight is 495 g/mol. The number of amides is 2. The molecule has 0 spiro atoms. The van der Waals surface area contributed by atoms with E-state index in [0.29, 0.717) is 11.3 Å². The van der Waals surface area contributed by atoms with Crippen LogP contribution < -0.4 is 15.5 Å². The van der Waals surface area contributed by atoms with Gasteiger partial charge < -0.3 is 14.6 Å². The van der Waals surface area contributed by atoms with Crippen LogP contribution in [0.2, 0.25) is 0 Å². The van der Waals surface area contributed by atoms with Gasteiger partial charge in [-0.05, 0) is 99.0 Å². The number of aromatic nitrogens is 1. The molecule has 1 aromatic heterocycles. The second kappa shape index (κ2) is 11.4. The van der Waals surface area contributed by atoms with Gasteiger partial charge in [-0.2, -0.15) is 5.10 Å². The summed E-state index contributed by atoms with van der Waals surface area (Å²) >= 11 is 0. The van der Waals surface area contributed by atoms with Crippen LogP contribution in [0, 0.1) is 27.7 Å². The number of anilines is 1. The van der Waals surface area contributed by atoms with Crippen molar-refractivity contribution in [3.05, 3.63) is 113 Å². The minimum atomic E-state index is -0.309. The lowest BCUT2D eigenvalue weighted by atomic mass is 10.1. The Hall–Kier alpha value is -4.65. The fraction of sp³-hybridized carbons (Fsp3) is 0.167. The molecular weight excluding hydrogens is 464 g/mol. The van der Waals surface area contributed by atoms with Crippen LogP contribution in [-0.4, -0.2) is 29.2 Å². The maximum absolute atomic E-state index is 12.7. The molecular formula is C30H30N4O3. The van der Waals surface area contributed by atoms with Gasteiger partial charge in [-0.3, -0.25) is 9.59 Å². The van der Waals surface area contributed by atoms with Crippen molar-refractivity contribution < 1.29 is 14.3 Å². The molecule has 2 N–H and O–H groups in total. The van der Waals surface area contributed by atoms with E-state index in [1.807, 2.05) is 82.3 Å². The van der Waals surface area contributed by atoms with Crippen LogP contribution in [-0.2, 0) is 4.79 Å². The van der Waals surface area contributed by atoms with E-state index in [9.17, 15) is 9.59 Å². The molecule has 4 aromatic rings. The SMILES string of the molecule is Cc1ccc(NC(=O)COc2cccc(/C=N\NC(=O)c3cccc(-n4c(C)ccc4C)c3)c2)cc1C. The van der Waals surface area contributed by atoms with Gasteiger partial charge >= 0.3 is 0 Å². The van der Waals surface area contributed by atoms with Crippen LogP contribution in [0.1, 0.15) is 38.4 Å². The largest absolute Gasteiger partial charge is 0.484 e. The minimum Gasteiger partial charge on any atom is -0.484 e. The third kappa shape index (κ3) is 6.52. The number of ether oxygens (including phenoxy) is 1. The van der Waals surface area contributed by atoms with Crippen molar-refractivity contribution in [1.82, 2.24) is 9.99 Å². The Morgan fingerprint density at radius 2 is 1.62 bits per heavy atom. The van der Waals surface area contributed by atoms with Gasteiger partial charge in [0.25, 0.3) is 11.8 Å². The highest BCUT2D eigenvalue weighted by molar-refractivity contribution is 5.95. The van der Waals surface area contributed by atoms with Gasteiger partial charge in [0.1, 0.15) is 5.75 Å². The summed E-state index contributed by atoms with van der Waals surface area (Å²) < 4.78 is 7.73. The third-order valence-electron chi connectivity index (χ3n) is 6.04. The molecule has 7 nitrogen and oxygen atoms in total. The summed E-state index contributed by atoms with van der Waals surface area (Å²) in [5.41, 5.74) is 9.92. The van der Waals surface area contributed by atoms with Crippen molar-refractivity contribution in [2.24, 2.45) is 5.10 Å². The van der Waals surface area contributed by atoms with Gasteiger partial charge in [0, 0.05) is 28.3 Å². The summed E-state index contributed by atoms with van der Waals surface area (Å²) in [6, 6.07) is 24.4. The van der Waals surface area contributed by atoms with E-state index in [1.165, 1.54) is 11.8 Å². The first-order chi connectivity index (χ1) is 17.8. The molecule has 0 saturated carbocycles. The molecule has 2 amide bonds. The van der Waals surface area contributed by atoms with Gasteiger partial charge in [-0.1, -0.05) is 24.3 Å². The lowest BCUT2D eigenvalue weighted by molar-refractivity contribution is -0.118. The molecule has 3 aromatic carbocycles. The van der Waals surface area contributed by atoms with E-state index in [2.05, 4.69) is 20.4 Å². The molecule has 0 aliphatic rings. The topological polar surface area (TPSA) is 84.7 Å². The van der Waals surface area contributed by atoms with E-state index in [1.54, 1.807) is 24.3 Å². The third-order valence-corrected chi connectivity index (χ3v) is 6.04. The van der Waals surface area contributed by atoms with E-state index in [0.717, 1.165) is 33.9 Å². The summed E-state index contributed by atoms with van der Waals surface area (Å²) in [7, 11) is 0. The molecule has 188 valence electrons. The van der Waals surface area contributed by atoms with Crippen molar-refractivity contribution >= 4 is 23.7 Å². The van der Waals surface area contributed by atoms with Crippen LogP contribution in [0.3, 0.4) is 0 Å². The first kappa shape index (κ1) is 25.4. The van der Waals surface area contributed by atoms with E-state index in [-0.39, 0.29) is 18.4 Å². The molecule has 0 unspecified atom stereocenters. The Morgan fingerprint density at radius 1 is 0.865 bits per heavy atom. The number of aryl methyl sites for hydroxylation is 4. The van der Waals surface area contributed by atoms with Gasteiger partial charge in [-0.15, -0.1) is 0 Å². The number of nitrogens with one attached hydrogen (secondary N) is 2. The number of carbonyl (C=O) groups excluding carboxylic acids is 2. The maximum atomic E-state index is 12.7. The molecule has 1 heterocycles. The smallest absolute Gasteiger partial charge is 0.271 e. The Balaban J connectivity index is 1.33.